The SMILES string of the molecule is CCc1nn(CC)c(OC)c1C(=O)O. The number of nitrogens with zero attached hydrogens (tertiary/aromatic N) is 2. The summed E-state index contributed by atoms with van der Waals surface area (Å²) in [6, 6.07) is 0. The van der Waals surface area contributed by atoms with Crippen molar-refractivity contribution < 1.29 is 14.6 Å². The van der Waals surface area contributed by atoms with E-state index in [1.165, 1.54) is 7.11 Å². The molecule has 14 heavy (non-hydrogen) atoms. The Kier molecular flexibility index (Phi) is 3.11. The van der Waals surface area contributed by atoms with Gasteiger partial charge in [0.05, 0.1) is 12.8 Å². The van der Waals surface area contributed by atoms with Crippen LogP contribution in [0.5, 0.6) is 5.88 Å². The zero-order valence-corrected chi connectivity index (χ0v) is 8.57. The molecular formula is C9H14N2O3. The molecule has 5 nitrogen and oxygen atoms in total. The van der Waals surface area contributed by atoms with Crippen molar-refractivity contribution in [1.82, 2.24) is 9.78 Å². The van der Waals surface area contributed by atoms with Crippen LogP contribution in [-0.4, -0.2) is 28.0 Å². The number of rotatable bonds is 4. The Labute approximate surface area is 82.3 Å². The minimum absolute atomic E-state index is 0.178. The Morgan fingerprint density at radius 1 is 1.57 bits per heavy atom. The smallest absolute Gasteiger partial charge is 0.343 e. The molecule has 0 bridgehead atoms. The maximum Gasteiger partial charge on any atom is 0.343 e. The summed E-state index contributed by atoms with van der Waals surface area (Å²) in [5, 5.41) is 13.1. The number of aromatic carboxylic acids is 1. The average molecular weight is 198 g/mol. The highest BCUT2D eigenvalue weighted by Crippen LogP contribution is 2.22. The normalized spacial score (nSPS) is 10.2. The van der Waals surface area contributed by atoms with E-state index in [0.29, 0.717) is 24.5 Å². The van der Waals surface area contributed by atoms with Gasteiger partial charge in [0, 0.05) is 6.54 Å². The largest absolute Gasteiger partial charge is 0.481 e. The fourth-order valence-corrected chi connectivity index (χ4v) is 1.38. The Bertz CT molecular complexity index is 344. The van der Waals surface area contributed by atoms with Crippen LogP contribution in [0.1, 0.15) is 29.9 Å². The van der Waals surface area contributed by atoms with Gasteiger partial charge in [0.1, 0.15) is 5.56 Å². The summed E-state index contributed by atoms with van der Waals surface area (Å²) < 4.78 is 6.59. The van der Waals surface area contributed by atoms with E-state index >= 15 is 0 Å². The number of hydrogen-bond acceptors (Lipinski definition) is 3. The molecular weight excluding hydrogens is 184 g/mol. The Hall–Kier alpha value is -1.52. The lowest BCUT2D eigenvalue weighted by Gasteiger charge is -2.02. The molecule has 0 unspecified atom stereocenters. The minimum Gasteiger partial charge on any atom is -0.481 e. The summed E-state index contributed by atoms with van der Waals surface area (Å²) >= 11 is 0. The van der Waals surface area contributed by atoms with Crippen LogP contribution in [0.3, 0.4) is 0 Å². The third-order valence-electron chi connectivity index (χ3n) is 2.02. The predicted molar refractivity (Wildman–Crippen MR) is 50.8 cm³/mol. The van der Waals surface area contributed by atoms with Crippen molar-refractivity contribution in [3.05, 3.63) is 11.3 Å². The molecule has 5 heteroatoms. The van der Waals surface area contributed by atoms with E-state index in [4.69, 9.17) is 9.84 Å². The Morgan fingerprint density at radius 2 is 2.21 bits per heavy atom. The number of aromatic nitrogens is 2. The maximum absolute atomic E-state index is 11.0. The van der Waals surface area contributed by atoms with Gasteiger partial charge in [0.15, 0.2) is 0 Å². The molecule has 0 fully saturated rings. The van der Waals surface area contributed by atoms with Crippen molar-refractivity contribution in [2.45, 2.75) is 26.8 Å². The summed E-state index contributed by atoms with van der Waals surface area (Å²) in [4.78, 5) is 11.0. The summed E-state index contributed by atoms with van der Waals surface area (Å²) in [5.41, 5.74) is 0.744. The number of ether oxygens (including phenoxy) is 1. The van der Waals surface area contributed by atoms with E-state index in [0.717, 1.165) is 0 Å². The minimum atomic E-state index is -0.988. The van der Waals surface area contributed by atoms with Gasteiger partial charge in [-0.05, 0) is 13.3 Å². The van der Waals surface area contributed by atoms with Crippen LogP contribution < -0.4 is 4.74 Å². The zero-order valence-electron chi connectivity index (χ0n) is 8.57. The summed E-state index contributed by atoms with van der Waals surface area (Å²) in [6.07, 6.45) is 0.588. The first kappa shape index (κ1) is 10.6. The van der Waals surface area contributed by atoms with Crippen LogP contribution in [0.15, 0.2) is 0 Å². The van der Waals surface area contributed by atoms with Gasteiger partial charge in [-0.2, -0.15) is 5.10 Å². The fraction of sp³-hybridized carbons (Fsp3) is 0.556. The molecule has 1 aromatic rings. The van der Waals surface area contributed by atoms with Crippen LogP contribution in [0.2, 0.25) is 0 Å². The van der Waals surface area contributed by atoms with Crippen molar-refractivity contribution in [2.24, 2.45) is 0 Å². The molecule has 0 saturated carbocycles. The lowest BCUT2D eigenvalue weighted by Crippen LogP contribution is -2.03. The predicted octanol–water partition coefficient (Wildman–Crippen LogP) is 1.17. The molecule has 1 rings (SSSR count). The van der Waals surface area contributed by atoms with Gasteiger partial charge in [-0.3, -0.25) is 0 Å². The zero-order chi connectivity index (χ0) is 10.7. The molecule has 0 aliphatic heterocycles. The molecule has 0 aromatic carbocycles. The molecule has 0 radical (unpaired) electrons. The molecule has 1 N–H and O–H groups in total. The van der Waals surface area contributed by atoms with Crippen molar-refractivity contribution in [3.63, 3.8) is 0 Å². The van der Waals surface area contributed by atoms with Gasteiger partial charge < -0.3 is 9.84 Å². The standard InChI is InChI=1S/C9H14N2O3/c1-4-6-7(9(12)13)8(14-3)11(5-2)10-6/h4-5H2,1-3H3,(H,12,13). The second-order valence-corrected chi connectivity index (χ2v) is 2.81. The summed E-state index contributed by atoms with van der Waals surface area (Å²) in [6.45, 7) is 4.36. The van der Waals surface area contributed by atoms with Gasteiger partial charge in [-0.15, -0.1) is 0 Å². The first-order chi connectivity index (χ1) is 6.65. The number of hydrogen-bond donors (Lipinski definition) is 1. The highest BCUT2D eigenvalue weighted by atomic mass is 16.5. The number of aryl methyl sites for hydroxylation is 2. The van der Waals surface area contributed by atoms with Crippen LogP contribution in [0.4, 0.5) is 0 Å². The van der Waals surface area contributed by atoms with Crippen molar-refractivity contribution in [3.8, 4) is 5.88 Å². The van der Waals surface area contributed by atoms with Gasteiger partial charge in [-0.1, -0.05) is 6.92 Å². The van der Waals surface area contributed by atoms with Crippen LogP contribution in [0.25, 0.3) is 0 Å². The third kappa shape index (κ3) is 1.57. The van der Waals surface area contributed by atoms with Crippen LogP contribution in [0, 0.1) is 0 Å². The average Bonchev–Trinajstić information content (AvgIpc) is 2.54. The van der Waals surface area contributed by atoms with E-state index in [9.17, 15) is 4.79 Å². The van der Waals surface area contributed by atoms with Crippen molar-refractivity contribution in [2.75, 3.05) is 7.11 Å². The van der Waals surface area contributed by atoms with Gasteiger partial charge in [0.25, 0.3) is 0 Å². The van der Waals surface area contributed by atoms with Gasteiger partial charge >= 0.3 is 5.97 Å². The molecule has 1 aromatic heterocycles. The topological polar surface area (TPSA) is 64.4 Å². The molecule has 1 heterocycles. The summed E-state index contributed by atoms with van der Waals surface area (Å²) in [7, 11) is 1.45. The third-order valence-corrected chi connectivity index (χ3v) is 2.02. The Morgan fingerprint density at radius 3 is 2.57 bits per heavy atom. The molecule has 0 amide bonds. The van der Waals surface area contributed by atoms with Gasteiger partial charge in [-0.25, -0.2) is 9.48 Å². The lowest BCUT2D eigenvalue weighted by molar-refractivity contribution is 0.0691. The lowest BCUT2D eigenvalue weighted by atomic mass is 10.2. The molecule has 0 spiro atoms. The van der Waals surface area contributed by atoms with Gasteiger partial charge in [0.2, 0.25) is 5.88 Å². The van der Waals surface area contributed by atoms with E-state index in [2.05, 4.69) is 5.10 Å². The van der Waals surface area contributed by atoms with E-state index in [-0.39, 0.29) is 5.56 Å². The second-order valence-electron chi connectivity index (χ2n) is 2.81. The highest BCUT2D eigenvalue weighted by Gasteiger charge is 2.22. The number of carbonyl (C=O) groups is 1. The molecule has 0 aliphatic rings. The summed E-state index contributed by atoms with van der Waals surface area (Å²) in [5.74, 6) is -0.657. The van der Waals surface area contributed by atoms with E-state index in [1.54, 1.807) is 4.68 Å². The number of methoxy groups -OCH3 is 1. The van der Waals surface area contributed by atoms with Crippen LogP contribution in [-0.2, 0) is 13.0 Å². The van der Waals surface area contributed by atoms with E-state index < -0.39 is 5.97 Å². The van der Waals surface area contributed by atoms with Crippen LogP contribution >= 0.6 is 0 Å². The first-order valence-corrected chi connectivity index (χ1v) is 4.52. The van der Waals surface area contributed by atoms with E-state index in [1.807, 2.05) is 13.8 Å². The first-order valence-electron chi connectivity index (χ1n) is 4.52. The molecule has 0 saturated heterocycles. The molecule has 78 valence electrons. The van der Waals surface area contributed by atoms with Crippen molar-refractivity contribution in [1.29, 1.82) is 0 Å². The van der Waals surface area contributed by atoms with Crippen molar-refractivity contribution >= 4 is 5.97 Å². The molecule has 0 aliphatic carbocycles. The quantitative estimate of drug-likeness (QED) is 0.788. The maximum atomic E-state index is 11.0. The number of carboxylic acid groups (broad SMARTS) is 1. The highest BCUT2D eigenvalue weighted by molar-refractivity contribution is 5.91. The monoisotopic (exact) mass is 198 g/mol. The number of carboxylic acids is 1. The second kappa shape index (κ2) is 4.13. The fourth-order valence-electron chi connectivity index (χ4n) is 1.38. The Balaban J connectivity index is 3.33. The molecule has 0 atom stereocenters.